The third kappa shape index (κ3) is 3.97. The molecule has 0 saturated heterocycles. The van der Waals surface area contributed by atoms with E-state index in [4.69, 9.17) is 9.47 Å². The van der Waals surface area contributed by atoms with Crippen LogP contribution in [0.3, 0.4) is 0 Å². The topological polar surface area (TPSA) is 79.9 Å². The fourth-order valence-electron chi connectivity index (χ4n) is 5.01. The third-order valence-electron chi connectivity index (χ3n) is 6.84. The fraction of sp³-hybridized carbons (Fsp3) is 0.207. The Hall–Kier alpha value is -4.23. The zero-order valence-corrected chi connectivity index (χ0v) is 20.5. The van der Waals surface area contributed by atoms with Crippen molar-refractivity contribution >= 4 is 32.8 Å². The molecule has 0 saturated carbocycles. The van der Waals surface area contributed by atoms with E-state index in [9.17, 15) is 0 Å². The number of hydrogen-bond donors (Lipinski definition) is 3. The summed E-state index contributed by atoms with van der Waals surface area (Å²) in [6.45, 7) is 2.60. The van der Waals surface area contributed by atoms with Crippen LogP contribution in [0.25, 0.3) is 44.1 Å². The van der Waals surface area contributed by atoms with Crippen molar-refractivity contribution in [2.24, 2.45) is 0 Å². The Morgan fingerprint density at radius 1 is 0.944 bits per heavy atom. The van der Waals surface area contributed by atoms with Gasteiger partial charge in [-0.05, 0) is 48.9 Å². The predicted octanol–water partition coefficient (Wildman–Crippen LogP) is 5.52. The second-order valence-electron chi connectivity index (χ2n) is 8.94. The highest BCUT2D eigenvalue weighted by Crippen LogP contribution is 2.38. The molecule has 0 aliphatic heterocycles. The standard InChI is InChI=1S/C29H29N5O2/c1-35-27-15-22-23(25-14-19-6-5-10-31-29(19)33-25)18-34(26(22)16-28(27)36-2)13-12-30-11-9-20-17-32-24-8-4-3-7-21(20)24/h3-8,10,14-18,30,32H,9,11-13H2,1-2H3,(H,31,33). The molecule has 6 rings (SSSR count). The maximum atomic E-state index is 5.61. The number of aromatic amines is 2. The highest BCUT2D eigenvalue weighted by molar-refractivity contribution is 5.99. The molecule has 7 nitrogen and oxygen atoms in total. The van der Waals surface area contributed by atoms with Crippen LogP contribution < -0.4 is 14.8 Å². The highest BCUT2D eigenvalue weighted by atomic mass is 16.5. The summed E-state index contributed by atoms with van der Waals surface area (Å²) in [4.78, 5) is 11.3. The van der Waals surface area contributed by atoms with Crippen LogP contribution in [0.5, 0.6) is 11.5 Å². The van der Waals surface area contributed by atoms with Crippen molar-refractivity contribution in [2.75, 3.05) is 27.3 Å². The molecule has 0 radical (unpaired) electrons. The number of aromatic nitrogens is 4. The summed E-state index contributed by atoms with van der Waals surface area (Å²) in [6, 6.07) is 18.7. The van der Waals surface area contributed by atoms with Crippen LogP contribution in [-0.2, 0) is 13.0 Å². The molecule has 182 valence electrons. The minimum atomic E-state index is 0.718. The Kier molecular flexibility index (Phi) is 5.83. The monoisotopic (exact) mass is 479 g/mol. The molecule has 3 N–H and O–H groups in total. The van der Waals surface area contributed by atoms with Crippen LogP contribution in [0.2, 0.25) is 0 Å². The maximum absolute atomic E-state index is 5.61. The number of pyridine rings is 1. The van der Waals surface area contributed by atoms with Gasteiger partial charge in [-0.3, -0.25) is 0 Å². The normalized spacial score (nSPS) is 11.6. The Morgan fingerprint density at radius 2 is 1.81 bits per heavy atom. The molecule has 4 aromatic heterocycles. The summed E-state index contributed by atoms with van der Waals surface area (Å²) in [6.07, 6.45) is 7.11. The first-order valence-corrected chi connectivity index (χ1v) is 12.2. The Labute approximate surface area is 209 Å². The summed E-state index contributed by atoms with van der Waals surface area (Å²) < 4.78 is 13.5. The van der Waals surface area contributed by atoms with Crippen LogP contribution in [0, 0.1) is 0 Å². The number of para-hydroxylation sites is 1. The summed E-state index contributed by atoms with van der Waals surface area (Å²) in [7, 11) is 3.35. The maximum Gasteiger partial charge on any atom is 0.162 e. The zero-order valence-electron chi connectivity index (χ0n) is 20.5. The quantitative estimate of drug-likeness (QED) is 0.239. The number of hydrogen-bond acceptors (Lipinski definition) is 4. The van der Waals surface area contributed by atoms with Gasteiger partial charge in [-0.25, -0.2) is 4.98 Å². The van der Waals surface area contributed by atoms with Gasteiger partial charge in [-0.15, -0.1) is 0 Å². The lowest BCUT2D eigenvalue weighted by Crippen LogP contribution is -2.22. The Balaban J connectivity index is 1.25. The fourth-order valence-corrected chi connectivity index (χ4v) is 5.01. The largest absolute Gasteiger partial charge is 0.493 e. The van der Waals surface area contributed by atoms with Crippen LogP contribution in [0.4, 0.5) is 0 Å². The molecule has 0 aliphatic carbocycles. The SMILES string of the molecule is COc1cc2c(-c3cc4cccnc4[nH]3)cn(CCNCCc3c[nH]c4ccccc34)c2cc1OC. The number of benzene rings is 2. The molecule has 4 heterocycles. The Bertz CT molecular complexity index is 1630. The molecule has 0 aliphatic rings. The predicted molar refractivity (Wildman–Crippen MR) is 145 cm³/mol. The van der Waals surface area contributed by atoms with Gasteiger partial charge in [0.05, 0.1) is 19.7 Å². The number of nitrogens with zero attached hydrogens (tertiary/aromatic N) is 2. The lowest BCUT2D eigenvalue weighted by atomic mass is 10.1. The van der Waals surface area contributed by atoms with Gasteiger partial charge >= 0.3 is 0 Å². The van der Waals surface area contributed by atoms with Gasteiger partial charge < -0.3 is 29.3 Å². The second kappa shape index (κ2) is 9.43. The lowest BCUT2D eigenvalue weighted by molar-refractivity contribution is 0.355. The molecular formula is C29H29N5O2. The van der Waals surface area contributed by atoms with E-state index < -0.39 is 0 Å². The molecule has 0 bridgehead atoms. The number of nitrogens with one attached hydrogen (secondary N) is 3. The summed E-state index contributed by atoms with van der Waals surface area (Å²) in [5.74, 6) is 1.44. The third-order valence-corrected chi connectivity index (χ3v) is 6.84. The highest BCUT2D eigenvalue weighted by Gasteiger charge is 2.17. The smallest absolute Gasteiger partial charge is 0.162 e. The minimum absolute atomic E-state index is 0.718. The van der Waals surface area contributed by atoms with Crippen molar-refractivity contribution in [3.05, 3.63) is 78.8 Å². The lowest BCUT2D eigenvalue weighted by Gasteiger charge is -2.10. The summed E-state index contributed by atoms with van der Waals surface area (Å²) in [5.41, 5.74) is 6.67. The molecule has 0 unspecified atom stereocenters. The van der Waals surface area contributed by atoms with Crippen LogP contribution >= 0.6 is 0 Å². The van der Waals surface area contributed by atoms with Crippen LogP contribution in [-0.4, -0.2) is 46.8 Å². The van der Waals surface area contributed by atoms with Gasteiger partial charge in [0, 0.05) is 70.7 Å². The average molecular weight is 480 g/mol. The van der Waals surface area contributed by atoms with Gasteiger partial charge in [0.25, 0.3) is 0 Å². The number of H-pyrrole nitrogens is 2. The second-order valence-corrected chi connectivity index (χ2v) is 8.94. The van der Waals surface area contributed by atoms with Crippen LogP contribution in [0.15, 0.2) is 73.2 Å². The minimum Gasteiger partial charge on any atom is -0.493 e. The van der Waals surface area contributed by atoms with E-state index in [1.807, 2.05) is 12.3 Å². The first kappa shape index (κ1) is 22.2. The van der Waals surface area contributed by atoms with Crippen molar-refractivity contribution < 1.29 is 9.47 Å². The first-order chi connectivity index (χ1) is 17.7. The van der Waals surface area contributed by atoms with Crippen molar-refractivity contribution in [3.63, 3.8) is 0 Å². The van der Waals surface area contributed by atoms with Gasteiger partial charge in [-0.2, -0.15) is 0 Å². The van der Waals surface area contributed by atoms with Crippen LogP contribution in [0.1, 0.15) is 5.56 Å². The van der Waals surface area contributed by atoms with Gasteiger partial charge in [0.1, 0.15) is 5.65 Å². The summed E-state index contributed by atoms with van der Waals surface area (Å²) >= 11 is 0. The average Bonchev–Trinajstić information content (AvgIpc) is 3.62. The van der Waals surface area contributed by atoms with Gasteiger partial charge in [0.15, 0.2) is 11.5 Å². The molecular weight excluding hydrogens is 450 g/mol. The number of methoxy groups -OCH3 is 2. The van der Waals surface area contributed by atoms with Crippen molar-refractivity contribution in [1.82, 2.24) is 24.8 Å². The van der Waals surface area contributed by atoms with E-state index in [0.717, 1.165) is 70.7 Å². The van der Waals surface area contributed by atoms with E-state index >= 15 is 0 Å². The van der Waals surface area contributed by atoms with Gasteiger partial charge in [0.2, 0.25) is 0 Å². The molecule has 2 aromatic carbocycles. The van der Waals surface area contributed by atoms with E-state index in [-0.39, 0.29) is 0 Å². The molecule has 0 fully saturated rings. The van der Waals surface area contributed by atoms with E-state index in [0.29, 0.717) is 0 Å². The number of ether oxygens (including phenoxy) is 2. The first-order valence-electron chi connectivity index (χ1n) is 12.2. The van der Waals surface area contributed by atoms with E-state index in [1.54, 1.807) is 14.2 Å². The van der Waals surface area contributed by atoms with E-state index in [1.165, 1.54) is 16.5 Å². The molecule has 0 spiro atoms. The molecule has 7 heteroatoms. The number of rotatable bonds is 9. The number of fused-ring (bicyclic) bond motifs is 3. The molecule has 0 amide bonds. The van der Waals surface area contributed by atoms with Crippen molar-refractivity contribution in [3.8, 4) is 22.8 Å². The molecule has 36 heavy (non-hydrogen) atoms. The van der Waals surface area contributed by atoms with Crippen molar-refractivity contribution in [2.45, 2.75) is 13.0 Å². The zero-order chi connectivity index (χ0) is 24.5. The van der Waals surface area contributed by atoms with Gasteiger partial charge in [-0.1, -0.05) is 18.2 Å². The van der Waals surface area contributed by atoms with E-state index in [2.05, 4.69) is 85.8 Å². The van der Waals surface area contributed by atoms with Crippen molar-refractivity contribution in [1.29, 1.82) is 0 Å². The molecule has 6 aromatic rings. The summed E-state index contributed by atoms with van der Waals surface area (Å²) in [5, 5.41) is 7.11. The molecule has 0 atom stereocenters. The Morgan fingerprint density at radius 3 is 2.67 bits per heavy atom.